The van der Waals surface area contributed by atoms with E-state index in [-0.39, 0.29) is 11.9 Å². The van der Waals surface area contributed by atoms with Crippen molar-refractivity contribution in [3.05, 3.63) is 48.3 Å². The van der Waals surface area contributed by atoms with Crippen LogP contribution in [0.1, 0.15) is 12.5 Å². The quantitative estimate of drug-likeness (QED) is 0.825. The number of benzene rings is 1. The van der Waals surface area contributed by atoms with Crippen LogP contribution >= 0.6 is 0 Å². The predicted molar refractivity (Wildman–Crippen MR) is 94.2 cm³/mol. The standard InChI is InChI=1S/C18H20N6O/c1-14(17(25)22-16-6-3-2-5-15(16)13-19)23-9-11-24(12-10-23)18-20-7-4-8-21-18/h2-8,14H,9-12H2,1H3,(H,22,25)/p+1/t14-/m0/s1. The van der Waals surface area contributed by atoms with E-state index in [1.165, 1.54) is 4.90 Å². The number of aromatic nitrogens is 2. The lowest BCUT2D eigenvalue weighted by molar-refractivity contribution is -0.914. The van der Waals surface area contributed by atoms with Gasteiger partial charge in [-0.3, -0.25) is 4.79 Å². The van der Waals surface area contributed by atoms with Crippen molar-refractivity contribution < 1.29 is 9.69 Å². The number of carbonyl (C=O) groups excluding carboxylic acids is 1. The third-order valence-electron chi connectivity index (χ3n) is 4.55. The molecular formula is C18H21N6O+. The molecule has 0 saturated carbocycles. The fraction of sp³-hybridized carbons (Fsp3) is 0.333. The van der Waals surface area contributed by atoms with E-state index in [9.17, 15) is 4.79 Å². The summed E-state index contributed by atoms with van der Waals surface area (Å²) < 4.78 is 0. The van der Waals surface area contributed by atoms with E-state index in [0.29, 0.717) is 11.3 Å². The number of para-hydroxylation sites is 1. The number of rotatable bonds is 4. The van der Waals surface area contributed by atoms with E-state index in [1.807, 2.05) is 13.0 Å². The van der Waals surface area contributed by atoms with Crippen LogP contribution in [0.5, 0.6) is 0 Å². The zero-order chi connectivity index (χ0) is 17.6. The number of hydrogen-bond acceptors (Lipinski definition) is 5. The smallest absolute Gasteiger partial charge is 0.282 e. The fourth-order valence-electron chi connectivity index (χ4n) is 3.00. The van der Waals surface area contributed by atoms with Gasteiger partial charge < -0.3 is 15.1 Å². The number of hydrogen-bond donors (Lipinski definition) is 2. The zero-order valence-corrected chi connectivity index (χ0v) is 14.1. The maximum absolute atomic E-state index is 12.6. The summed E-state index contributed by atoms with van der Waals surface area (Å²) in [6, 6.07) is 10.8. The Morgan fingerprint density at radius 3 is 2.60 bits per heavy atom. The van der Waals surface area contributed by atoms with Crippen molar-refractivity contribution in [3.63, 3.8) is 0 Å². The molecule has 1 atom stereocenters. The second kappa shape index (κ2) is 7.73. The van der Waals surface area contributed by atoms with Gasteiger partial charge in [-0.2, -0.15) is 5.26 Å². The lowest BCUT2D eigenvalue weighted by Crippen LogP contribution is -3.19. The van der Waals surface area contributed by atoms with Crippen LogP contribution in [0.2, 0.25) is 0 Å². The Morgan fingerprint density at radius 2 is 1.92 bits per heavy atom. The minimum atomic E-state index is -0.189. The van der Waals surface area contributed by atoms with Crippen molar-refractivity contribution in [2.75, 3.05) is 36.4 Å². The molecule has 0 aliphatic carbocycles. The van der Waals surface area contributed by atoms with Crippen LogP contribution in [0.3, 0.4) is 0 Å². The first-order valence-electron chi connectivity index (χ1n) is 8.35. The number of amides is 1. The Balaban J connectivity index is 1.58. The number of anilines is 2. The van der Waals surface area contributed by atoms with Crippen molar-refractivity contribution in [2.45, 2.75) is 13.0 Å². The Bertz CT molecular complexity index is 765. The van der Waals surface area contributed by atoms with E-state index >= 15 is 0 Å². The summed E-state index contributed by atoms with van der Waals surface area (Å²) in [5, 5.41) is 12.0. The molecule has 25 heavy (non-hydrogen) atoms. The molecule has 1 aliphatic heterocycles. The highest BCUT2D eigenvalue weighted by Crippen LogP contribution is 2.13. The fourth-order valence-corrected chi connectivity index (χ4v) is 3.00. The molecule has 2 N–H and O–H groups in total. The maximum Gasteiger partial charge on any atom is 0.282 e. The van der Waals surface area contributed by atoms with Crippen LogP contribution in [0.15, 0.2) is 42.7 Å². The van der Waals surface area contributed by atoms with Gasteiger partial charge in [0.05, 0.1) is 37.4 Å². The minimum Gasteiger partial charge on any atom is -0.330 e. The molecule has 2 aromatic rings. The molecule has 0 radical (unpaired) electrons. The monoisotopic (exact) mass is 337 g/mol. The maximum atomic E-state index is 12.6. The first kappa shape index (κ1) is 16.9. The number of nitrogens with zero attached hydrogens (tertiary/aromatic N) is 4. The molecule has 7 heteroatoms. The molecule has 1 amide bonds. The predicted octanol–water partition coefficient (Wildman–Crippen LogP) is 0.0804. The molecule has 2 heterocycles. The molecule has 128 valence electrons. The summed E-state index contributed by atoms with van der Waals surface area (Å²) in [4.78, 5) is 24.5. The van der Waals surface area contributed by atoms with Gasteiger partial charge >= 0.3 is 0 Å². The van der Waals surface area contributed by atoms with Gasteiger partial charge in [0.25, 0.3) is 5.91 Å². The topological polar surface area (TPSA) is 86.4 Å². The van der Waals surface area contributed by atoms with Crippen molar-refractivity contribution in [2.24, 2.45) is 0 Å². The van der Waals surface area contributed by atoms with Gasteiger partial charge in [0.1, 0.15) is 6.07 Å². The molecule has 1 aliphatic rings. The SMILES string of the molecule is C[C@@H](C(=O)Nc1ccccc1C#N)[NH+]1CCN(c2ncccn2)CC1. The normalized spacial score (nSPS) is 16.1. The second-order valence-electron chi connectivity index (χ2n) is 6.06. The van der Waals surface area contributed by atoms with Crippen LogP contribution in [0, 0.1) is 11.3 Å². The minimum absolute atomic E-state index is 0.0675. The first-order valence-corrected chi connectivity index (χ1v) is 8.35. The van der Waals surface area contributed by atoms with E-state index in [0.717, 1.165) is 32.1 Å². The van der Waals surface area contributed by atoms with Crippen molar-refractivity contribution in [3.8, 4) is 6.07 Å². The molecule has 1 aromatic heterocycles. The molecular weight excluding hydrogens is 316 g/mol. The van der Waals surface area contributed by atoms with E-state index in [2.05, 4.69) is 26.3 Å². The third-order valence-corrected chi connectivity index (χ3v) is 4.55. The molecule has 1 fully saturated rings. The molecule has 1 saturated heterocycles. The molecule has 0 spiro atoms. The molecule has 3 rings (SSSR count). The Kier molecular flexibility index (Phi) is 5.21. The van der Waals surface area contributed by atoms with Gasteiger partial charge in [-0.05, 0) is 25.1 Å². The summed E-state index contributed by atoms with van der Waals surface area (Å²) in [5.74, 6) is 0.670. The van der Waals surface area contributed by atoms with Crippen LogP contribution in [-0.2, 0) is 4.79 Å². The lowest BCUT2D eigenvalue weighted by atomic mass is 10.1. The van der Waals surface area contributed by atoms with Gasteiger partial charge in [0.15, 0.2) is 6.04 Å². The number of nitrogens with one attached hydrogen (secondary N) is 2. The van der Waals surface area contributed by atoms with E-state index in [1.54, 1.807) is 36.7 Å². The average Bonchev–Trinajstić information content (AvgIpc) is 2.68. The number of piperazine rings is 1. The highest BCUT2D eigenvalue weighted by Gasteiger charge is 2.30. The van der Waals surface area contributed by atoms with Crippen molar-refractivity contribution >= 4 is 17.5 Å². The highest BCUT2D eigenvalue weighted by molar-refractivity contribution is 5.94. The highest BCUT2D eigenvalue weighted by atomic mass is 16.2. The summed E-state index contributed by atoms with van der Waals surface area (Å²) in [7, 11) is 0. The summed E-state index contributed by atoms with van der Waals surface area (Å²) in [6.45, 7) is 5.23. The van der Waals surface area contributed by atoms with Gasteiger partial charge in [0, 0.05) is 12.4 Å². The summed E-state index contributed by atoms with van der Waals surface area (Å²) in [6.07, 6.45) is 3.48. The largest absolute Gasteiger partial charge is 0.330 e. The van der Waals surface area contributed by atoms with Crippen LogP contribution in [0.4, 0.5) is 11.6 Å². The van der Waals surface area contributed by atoms with Crippen LogP contribution in [-0.4, -0.2) is 48.1 Å². The van der Waals surface area contributed by atoms with Gasteiger partial charge in [-0.1, -0.05) is 12.1 Å². The molecule has 0 unspecified atom stereocenters. The second-order valence-corrected chi connectivity index (χ2v) is 6.06. The van der Waals surface area contributed by atoms with Gasteiger partial charge in [-0.15, -0.1) is 0 Å². The molecule has 0 bridgehead atoms. The van der Waals surface area contributed by atoms with Crippen molar-refractivity contribution in [1.82, 2.24) is 9.97 Å². The van der Waals surface area contributed by atoms with E-state index in [4.69, 9.17) is 5.26 Å². The number of quaternary nitrogens is 1. The first-order chi connectivity index (χ1) is 12.2. The summed E-state index contributed by atoms with van der Waals surface area (Å²) in [5.41, 5.74) is 1.04. The van der Waals surface area contributed by atoms with Crippen LogP contribution in [0.25, 0.3) is 0 Å². The van der Waals surface area contributed by atoms with E-state index < -0.39 is 0 Å². The zero-order valence-electron chi connectivity index (χ0n) is 14.1. The van der Waals surface area contributed by atoms with Gasteiger partial charge in [0.2, 0.25) is 5.95 Å². The Hall–Kier alpha value is -2.98. The third kappa shape index (κ3) is 3.92. The van der Waals surface area contributed by atoms with Crippen LogP contribution < -0.4 is 15.1 Å². The molecule has 7 nitrogen and oxygen atoms in total. The van der Waals surface area contributed by atoms with Gasteiger partial charge in [-0.25, -0.2) is 9.97 Å². The average molecular weight is 337 g/mol. The number of nitriles is 1. The lowest BCUT2D eigenvalue weighted by Gasteiger charge is -2.34. The summed E-state index contributed by atoms with van der Waals surface area (Å²) >= 11 is 0. The number of carbonyl (C=O) groups is 1. The molecule has 1 aromatic carbocycles. The Morgan fingerprint density at radius 1 is 1.24 bits per heavy atom. The van der Waals surface area contributed by atoms with Crippen molar-refractivity contribution in [1.29, 1.82) is 5.26 Å². The Labute approximate surface area is 146 Å².